The molecule has 2 aromatic heterocycles. The van der Waals surface area contributed by atoms with Crippen molar-refractivity contribution in [3.05, 3.63) is 84.3 Å². The van der Waals surface area contributed by atoms with Crippen molar-refractivity contribution in [2.75, 3.05) is 12.4 Å². The highest BCUT2D eigenvalue weighted by Gasteiger charge is 2.15. The average molecular weight is 454 g/mol. The van der Waals surface area contributed by atoms with Crippen LogP contribution in [0.5, 0.6) is 17.2 Å². The topological polar surface area (TPSA) is 130 Å². The molecule has 2 heterocycles. The van der Waals surface area contributed by atoms with Gasteiger partial charge >= 0.3 is 0 Å². The van der Waals surface area contributed by atoms with Gasteiger partial charge in [0.15, 0.2) is 5.82 Å². The lowest BCUT2D eigenvalue weighted by Gasteiger charge is -2.13. The maximum Gasteiger partial charge on any atom is 0.257 e. The first-order valence-corrected chi connectivity index (χ1v) is 10.2. The summed E-state index contributed by atoms with van der Waals surface area (Å²) in [6, 6.07) is 17.3. The highest BCUT2D eigenvalue weighted by atomic mass is 16.5. The molecule has 0 fully saturated rings. The first-order valence-electron chi connectivity index (χ1n) is 10.2. The van der Waals surface area contributed by atoms with E-state index in [4.69, 9.17) is 19.7 Å². The Labute approximate surface area is 193 Å². The van der Waals surface area contributed by atoms with Crippen LogP contribution in [0.15, 0.2) is 77.6 Å². The number of amides is 2. The second kappa shape index (κ2) is 8.55. The summed E-state index contributed by atoms with van der Waals surface area (Å²) in [6.07, 6.45) is 2.99. The molecule has 9 heteroatoms. The Hall–Kier alpha value is -4.92. The number of fused-ring (bicyclic) bond motifs is 2. The van der Waals surface area contributed by atoms with E-state index in [2.05, 4.69) is 15.5 Å². The fraction of sp³-hybridized carbons (Fsp3) is 0.0400. The van der Waals surface area contributed by atoms with Crippen LogP contribution in [-0.2, 0) is 0 Å². The summed E-state index contributed by atoms with van der Waals surface area (Å²) in [5, 5.41) is 8.57. The van der Waals surface area contributed by atoms with Crippen molar-refractivity contribution in [1.82, 2.24) is 10.1 Å². The zero-order valence-corrected chi connectivity index (χ0v) is 17.9. The normalized spacial score (nSPS) is 10.9. The van der Waals surface area contributed by atoms with Crippen molar-refractivity contribution in [3.8, 4) is 17.2 Å². The summed E-state index contributed by atoms with van der Waals surface area (Å²) < 4.78 is 16.2. The molecule has 0 spiro atoms. The molecule has 3 N–H and O–H groups in total. The fourth-order valence-corrected chi connectivity index (χ4v) is 3.71. The Morgan fingerprint density at radius 1 is 0.971 bits per heavy atom. The highest BCUT2D eigenvalue weighted by Crippen LogP contribution is 2.34. The monoisotopic (exact) mass is 454 g/mol. The summed E-state index contributed by atoms with van der Waals surface area (Å²) in [6.45, 7) is 0. The number of pyridine rings is 1. The molecule has 5 rings (SSSR count). The number of nitrogens with one attached hydrogen (secondary N) is 1. The predicted molar refractivity (Wildman–Crippen MR) is 125 cm³/mol. The number of nitrogens with two attached hydrogens (primary N) is 1. The molecule has 0 saturated carbocycles. The average Bonchev–Trinajstić information content (AvgIpc) is 3.35. The van der Waals surface area contributed by atoms with E-state index in [1.807, 2.05) is 18.2 Å². The van der Waals surface area contributed by atoms with Gasteiger partial charge in [0.05, 0.1) is 18.2 Å². The Kier molecular flexibility index (Phi) is 5.27. The van der Waals surface area contributed by atoms with E-state index < -0.39 is 5.91 Å². The van der Waals surface area contributed by atoms with Gasteiger partial charge in [-0.25, -0.2) is 0 Å². The molecule has 0 aliphatic carbocycles. The van der Waals surface area contributed by atoms with Crippen LogP contribution < -0.4 is 20.5 Å². The van der Waals surface area contributed by atoms with Gasteiger partial charge in [-0.15, -0.1) is 0 Å². The van der Waals surface area contributed by atoms with Crippen molar-refractivity contribution in [2.45, 2.75) is 0 Å². The van der Waals surface area contributed by atoms with Gasteiger partial charge in [0.25, 0.3) is 11.8 Å². The quantitative estimate of drug-likeness (QED) is 0.386. The van der Waals surface area contributed by atoms with Crippen molar-refractivity contribution in [3.63, 3.8) is 0 Å². The lowest BCUT2D eigenvalue weighted by molar-refractivity contribution is 0.0995. The molecule has 0 bridgehead atoms. The molecule has 0 atom stereocenters. The number of carbonyl (C=O) groups is 2. The number of methoxy groups -OCH3 is 1. The van der Waals surface area contributed by atoms with Crippen LogP contribution in [0.1, 0.15) is 20.7 Å². The molecule has 2 amide bonds. The van der Waals surface area contributed by atoms with Crippen LogP contribution in [-0.4, -0.2) is 29.1 Å². The lowest BCUT2D eigenvalue weighted by atomic mass is 10.0. The summed E-state index contributed by atoms with van der Waals surface area (Å²) in [7, 11) is 1.46. The van der Waals surface area contributed by atoms with E-state index in [0.717, 1.165) is 10.8 Å². The summed E-state index contributed by atoms with van der Waals surface area (Å²) in [5.74, 6) is 0.794. The van der Waals surface area contributed by atoms with Gasteiger partial charge in [0.2, 0.25) is 0 Å². The minimum atomic E-state index is -0.615. The van der Waals surface area contributed by atoms with Crippen molar-refractivity contribution in [1.29, 1.82) is 0 Å². The molecule has 0 unspecified atom stereocenters. The number of hydrogen-bond acceptors (Lipinski definition) is 7. The molecule has 0 radical (unpaired) electrons. The van der Waals surface area contributed by atoms with E-state index in [1.165, 1.54) is 13.4 Å². The third-order valence-corrected chi connectivity index (χ3v) is 5.29. The minimum absolute atomic E-state index is 0.231. The smallest absolute Gasteiger partial charge is 0.257 e. The van der Waals surface area contributed by atoms with Gasteiger partial charge in [0.1, 0.15) is 23.5 Å². The highest BCUT2D eigenvalue weighted by molar-refractivity contribution is 6.12. The molecule has 3 aromatic carbocycles. The molecular formula is C25H18N4O5. The van der Waals surface area contributed by atoms with Gasteiger partial charge in [-0.3, -0.25) is 14.6 Å². The van der Waals surface area contributed by atoms with E-state index in [0.29, 0.717) is 39.5 Å². The molecular weight excluding hydrogens is 436 g/mol. The zero-order valence-electron chi connectivity index (χ0n) is 17.9. The summed E-state index contributed by atoms with van der Waals surface area (Å²) in [5.41, 5.74) is 6.81. The molecule has 9 nitrogen and oxygen atoms in total. The van der Waals surface area contributed by atoms with Gasteiger partial charge in [0, 0.05) is 29.3 Å². The van der Waals surface area contributed by atoms with Crippen LogP contribution in [0.25, 0.3) is 21.7 Å². The van der Waals surface area contributed by atoms with Crippen molar-refractivity contribution >= 4 is 39.3 Å². The van der Waals surface area contributed by atoms with E-state index in [9.17, 15) is 9.59 Å². The van der Waals surface area contributed by atoms with Crippen LogP contribution >= 0.6 is 0 Å². The zero-order chi connectivity index (χ0) is 23.7. The molecule has 5 aromatic rings. The van der Waals surface area contributed by atoms with Crippen LogP contribution in [0, 0.1) is 0 Å². The SMILES string of the molecule is COc1cc2nccc(Oc3ccc4c(C(=O)Nc5ccon5)cccc4c3)c2cc1C(N)=O. The molecule has 0 saturated heterocycles. The second-order valence-corrected chi connectivity index (χ2v) is 7.37. The maximum absolute atomic E-state index is 12.7. The number of carbonyl (C=O) groups excluding carboxylic acids is 2. The first-order chi connectivity index (χ1) is 16.5. The fourth-order valence-electron chi connectivity index (χ4n) is 3.71. The first kappa shape index (κ1) is 21.0. The third kappa shape index (κ3) is 3.86. The number of aromatic nitrogens is 2. The number of benzene rings is 3. The second-order valence-electron chi connectivity index (χ2n) is 7.37. The van der Waals surface area contributed by atoms with Crippen molar-refractivity contribution < 1.29 is 23.6 Å². The third-order valence-electron chi connectivity index (χ3n) is 5.29. The molecule has 168 valence electrons. The lowest BCUT2D eigenvalue weighted by Crippen LogP contribution is -2.12. The number of nitrogens with zero attached hydrogens (tertiary/aromatic N) is 2. The largest absolute Gasteiger partial charge is 0.496 e. The van der Waals surface area contributed by atoms with E-state index in [1.54, 1.807) is 48.7 Å². The maximum atomic E-state index is 12.7. The van der Waals surface area contributed by atoms with Gasteiger partial charge in [-0.05, 0) is 47.2 Å². The van der Waals surface area contributed by atoms with Crippen LogP contribution in [0.2, 0.25) is 0 Å². The summed E-state index contributed by atoms with van der Waals surface area (Å²) in [4.78, 5) is 28.9. The Bertz CT molecular complexity index is 1550. The van der Waals surface area contributed by atoms with Crippen LogP contribution in [0.3, 0.4) is 0 Å². The standard InChI is InChI=1S/C25H18N4O5/c1-32-22-13-20-18(12-19(22)24(26)30)21(7-9-27-20)34-15-5-6-16-14(11-15)3-2-4-17(16)25(31)28-23-8-10-33-29-23/h2-13H,1H3,(H2,26,30)(H,28,29,31). The predicted octanol–water partition coefficient (Wildman–Crippen LogP) is 4.53. The van der Waals surface area contributed by atoms with Crippen LogP contribution in [0.4, 0.5) is 5.82 Å². The van der Waals surface area contributed by atoms with Gasteiger partial charge < -0.3 is 25.0 Å². The Balaban J connectivity index is 1.50. The van der Waals surface area contributed by atoms with E-state index in [-0.39, 0.29) is 11.5 Å². The Morgan fingerprint density at radius 3 is 2.62 bits per heavy atom. The van der Waals surface area contributed by atoms with Gasteiger partial charge in [-0.1, -0.05) is 17.3 Å². The molecule has 34 heavy (non-hydrogen) atoms. The van der Waals surface area contributed by atoms with Crippen molar-refractivity contribution in [2.24, 2.45) is 5.73 Å². The number of ether oxygens (including phenoxy) is 2. The number of hydrogen-bond donors (Lipinski definition) is 2. The van der Waals surface area contributed by atoms with E-state index >= 15 is 0 Å². The minimum Gasteiger partial charge on any atom is -0.496 e. The molecule has 0 aliphatic heterocycles. The summed E-state index contributed by atoms with van der Waals surface area (Å²) >= 11 is 0. The number of anilines is 1. The molecule has 0 aliphatic rings. The number of rotatable bonds is 6. The van der Waals surface area contributed by atoms with Gasteiger partial charge in [-0.2, -0.15) is 0 Å². The Morgan fingerprint density at radius 2 is 1.85 bits per heavy atom. The number of primary amides is 1.